The number of hydrogen-bond acceptors (Lipinski definition) is 5. The van der Waals surface area contributed by atoms with E-state index in [0.717, 1.165) is 12.8 Å². The van der Waals surface area contributed by atoms with E-state index < -0.39 is 0 Å². The minimum Gasteiger partial charge on any atom is -0.398 e. The van der Waals surface area contributed by atoms with Gasteiger partial charge in [0, 0.05) is 12.3 Å². The van der Waals surface area contributed by atoms with E-state index in [-0.39, 0.29) is 6.10 Å². The maximum Gasteiger partial charge on any atom is 0.261 e. The largest absolute Gasteiger partial charge is 0.398 e. The van der Waals surface area contributed by atoms with Gasteiger partial charge < -0.3 is 15.0 Å². The fourth-order valence-corrected chi connectivity index (χ4v) is 2.48. The van der Waals surface area contributed by atoms with Gasteiger partial charge in [0.05, 0.1) is 10.6 Å². The molecule has 1 heterocycles. The lowest BCUT2D eigenvalue weighted by atomic mass is 10.2. The Morgan fingerprint density at radius 1 is 1.50 bits per heavy atom. The highest BCUT2D eigenvalue weighted by Gasteiger charge is 2.36. The minimum atomic E-state index is -0.0961. The van der Waals surface area contributed by atoms with E-state index in [9.17, 15) is 0 Å². The van der Waals surface area contributed by atoms with Gasteiger partial charge in [-0.25, -0.2) is 0 Å². The first-order chi connectivity index (χ1) is 9.70. The quantitative estimate of drug-likeness (QED) is 0.855. The van der Waals surface area contributed by atoms with Crippen LogP contribution in [0.2, 0.25) is 5.02 Å². The highest BCUT2D eigenvalue weighted by molar-refractivity contribution is 6.33. The number of nitrogens with zero attached hydrogens (tertiary/aromatic N) is 2. The van der Waals surface area contributed by atoms with Crippen molar-refractivity contribution >= 4 is 17.3 Å². The molecule has 0 radical (unpaired) electrons. The predicted molar refractivity (Wildman–Crippen MR) is 76.2 cm³/mol. The normalized spacial score (nSPS) is 16.3. The number of hydrogen-bond donors (Lipinski definition) is 1. The van der Waals surface area contributed by atoms with Gasteiger partial charge in [-0.05, 0) is 37.8 Å². The van der Waals surface area contributed by atoms with Crippen molar-refractivity contribution < 1.29 is 9.26 Å². The lowest BCUT2D eigenvalue weighted by Crippen LogP contribution is -2.08. The maximum absolute atomic E-state index is 6.15. The number of ether oxygens (including phenoxy) is 1. The number of nitrogens with two attached hydrogens (primary N) is 1. The Kier molecular flexibility index (Phi) is 3.63. The summed E-state index contributed by atoms with van der Waals surface area (Å²) in [6, 6.07) is 5.29. The van der Waals surface area contributed by atoms with Crippen LogP contribution in [-0.4, -0.2) is 16.7 Å². The summed E-state index contributed by atoms with van der Waals surface area (Å²) in [6.07, 6.45) is 2.19. The Hall–Kier alpha value is -1.59. The minimum absolute atomic E-state index is 0.0961. The molecule has 0 saturated heterocycles. The number of aromatic nitrogens is 2. The molecular weight excluding hydrogens is 278 g/mol. The first-order valence-electron chi connectivity index (χ1n) is 6.70. The first-order valence-corrected chi connectivity index (χ1v) is 7.08. The summed E-state index contributed by atoms with van der Waals surface area (Å²) in [5, 5.41) is 4.53. The molecule has 20 heavy (non-hydrogen) atoms. The van der Waals surface area contributed by atoms with Crippen LogP contribution < -0.4 is 5.73 Å². The lowest BCUT2D eigenvalue weighted by Gasteiger charge is -2.11. The number of nitrogen functional groups attached to an aromatic ring is 1. The molecule has 1 fully saturated rings. The average molecular weight is 294 g/mol. The van der Waals surface area contributed by atoms with Crippen molar-refractivity contribution in [3.63, 3.8) is 0 Å². The van der Waals surface area contributed by atoms with E-state index in [1.165, 1.54) is 0 Å². The van der Waals surface area contributed by atoms with Crippen molar-refractivity contribution in [3.8, 4) is 11.5 Å². The number of benzene rings is 1. The monoisotopic (exact) mass is 293 g/mol. The van der Waals surface area contributed by atoms with Crippen LogP contribution in [0, 0.1) is 5.92 Å². The standard InChI is InChI=1S/C14H16ClN3O2/c1-2-19-12(8-6-7-8)13-17-14(20-18-13)11-9(15)4-3-5-10(11)16/h3-5,8,12H,2,6-7,16H2,1H3. The summed E-state index contributed by atoms with van der Waals surface area (Å²) in [5.74, 6) is 1.40. The lowest BCUT2D eigenvalue weighted by molar-refractivity contribution is 0.0385. The van der Waals surface area contributed by atoms with Gasteiger partial charge in [0.15, 0.2) is 0 Å². The second-order valence-corrected chi connectivity index (χ2v) is 5.28. The van der Waals surface area contributed by atoms with Gasteiger partial charge in [-0.15, -0.1) is 0 Å². The van der Waals surface area contributed by atoms with Crippen molar-refractivity contribution in [2.24, 2.45) is 5.92 Å². The summed E-state index contributed by atoms with van der Waals surface area (Å²) < 4.78 is 11.0. The van der Waals surface area contributed by atoms with Gasteiger partial charge >= 0.3 is 0 Å². The molecule has 1 unspecified atom stereocenters. The second-order valence-electron chi connectivity index (χ2n) is 4.88. The van der Waals surface area contributed by atoms with Gasteiger partial charge in [0.25, 0.3) is 5.89 Å². The van der Waals surface area contributed by atoms with Crippen molar-refractivity contribution in [3.05, 3.63) is 29.0 Å². The SMILES string of the molecule is CCOC(c1noc(-c2c(N)cccc2Cl)n1)C1CC1. The van der Waals surface area contributed by atoms with E-state index in [4.69, 9.17) is 26.6 Å². The molecule has 2 aromatic rings. The predicted octanol–water partition coefficient (Wildman–Crippen LogP) is 3.46. The Labute approximate surface area is 122 Å². The molecular formula is C14H16ClN3O2. The Morgan fingerprint density at radius 2 is 2.30 bits per heavy atom. The van der Waals surface area contributed by atoms with Crippen LogP contribution in [0.5, 0.6) is 0 Å². The fourth-order valence-electron chi connectivity index (χ4n) is 2.22. The van der Waals surface area contributed by atoms with Gasteiger partial charge in [-0.3, -0.25) is 0 Å². The number of rotatable bonds is 5. The molecule has 0 aliphatic heterocycles. The van der Waals surface area contributed by atoms with E-state index in [1.807, 2.05) is 6.92 Å². The zero-order valence-electron chi connectivity index (χ0n) is 11.2. The molecule has 5 nitrogen and oxygen atoms in total. The van der Waals surface area contributed by atoms with Gasteiger partial charge in [0.1, 0.15) is 6.10 Å². The van der Waals surface area contributed by atoms with Crippen molar-refractivity contribution in [1.29, 1.82) is 0 Å². The molecule has 1 saturated carbocycles. The Balaban J connectivity index is 1.93. The zero-order chi connectivity index (χ0) is 14.1. The first kappa shape index (κ1) is 13.4. The molecule has 2 N–H and O–H groups in total. The van der Waals surface area contributed by atoms with Gasteiger partial charge in [-0.2, -0.15) is 4.98 Å². The van der Waals surface area contributed by atoms with E-state index in [1.54, 1.807) is 18.2 Å². The summed E-state index contributed by atoms with van der Waals surface area (Å²) in [6.45, 7) is 2.59. The summed E-state index contributed by atoms with van der Waals surface area (Å²) >= 11 is 6.15. The molecule has 1 aliphatic carbocycles. The number of anilines is 1. The fraction of sp³-hybridized carbons (Fsp3) is 0.429. The van der Waals surface area contributed by atoms with Crippen LogP contribution in [0.1, 0.15) is 31.7 Å². The van der Waals surface area contributed by atoms with E-state index in [2.05, 4.69) is 10.1 Å². The van der Waals surface area contributed by atoms with Gasteiger partial charge in [-0.1, -0.05) is 22.8 Å². The van der Waals surface area contributed by atoms with Crippen LogP contribution in [0.15, 0.2) is 22.7 Å². The number of halogens is 1. The molecule has 3 rings (SSSR count). The van der Waals surface area contributed by atoms with Crippen molar-refractivity contribution in [2.75, 3.05) is 12.3 Å². The highest BCUT2D eigenvalue weighted by Crippen LogP contribution is 2.43. The molecule has 0 amide bonds. The summed E-state index contributed by atoms with van der Waals surface area (Å²) in [7, 11) is 0. The maximum atomic E-state index is 6.15. The molecule has 6 heteroatoms. The molecule has 1 aromatic heterocycles. The van der Waals surface area contributed by atoms with E-state index >= 15 is 0 Å². The van der Waals surface area contributed by atoms with Crippen molar-refractivity contribution in [2.45, 2.75) is 25.9 Å². The van der Waals surface area contributed by atoms with Gasteiger partial charge in [0.2, 0.25) is 5.82 Å². The zero-order valence-corrected chi connectivity index (χ0v) is 11.9. The van der Waals surface area contributed by atoms with Crippen LogP contribution in [0.3, 0.4) is 0 Å². The molecule has 0 spiro atoms. The smallest absolute Gasteiger partial charge is 0.261 e. The highest BCUT2D eigenvalue weighted by atomic mass is 35.5. The second kappa shape index (κ2) is 5.42. The Bertz CT molecular complexity index is 590. The molecule has 106 valence electrons. The van der Waals surface area contributed by atoms with Crippen LogP contribution >= 0.6 is 11.6 Å². The molecule has 1 aliphatic rings. The molecule has 1 aromatic carbocycles. The Morgan fingerprint density at radius 3 is 2.95 bits per heavy atom. The molecule has 1 atom stereocenters. The van der Waals surface area contributed by atoms with Crippen LogP contribution in [0.25, 0.3) is 11.5 Å². The van der Waals surface area contributed by atoms with Crippen LogP contribution in [0.4, 0.5) is 5.69 Å². The van der Waals surface area contributed by atoms with E-state index in [0.29, 0.717) is 40.5 Å². The third kappa shape index (κ3) is 2.51. The average Bonchev–Trinajstić information content (AvgIpc) is 3.15. The molecule has 0 bridgehead atoms. The third-order valence-corrected chi connectivity index (χ3v) is 3.67. The summed E-state index contributed by atoms with van der Waals surface area (Å²) in [5.41, 5.74) is 7.03. The summed E-state index contributed by atoms with van der Waals surface area (Å²) in [4.78, 5) is 4.42. The third-order valence-electron chi connectivity index (χ3n) is 3.35. The van der Waals surface area contributed by atoms with Crippen LogP contribution in [-0.2, 0) is 4.74 Å². The topological polar surface area (TPSA) is 74.2 Å². The van der Waals surface area contributed by atoms with Crippen molar-refractivity contribution in [1.82, 2.24) is 10.1 Å².